The zero-order valence-electron chi connectivity index (χ0n) is 9.06. The van der Waals surface area contributed by atoms with Crippen LogP contribution in [0.15, 0.2) is 0 Å². The Kier molecular flexibility index (Phi) is 5.16. The van der Waals surface area contributed by atoms with Crippen molar-refractivity contribution in [1.29, 1.82) is 0 Å². The van der Waals surface area contributed by atoms with Crippen LogP contribution >= 0.6 is 11.6 Å². The van der Waals surface area contributed by atoms with Gasteiger partial charge in [-0.25, -0.2) is 0 Å². The lowest BCUT2D eigenvalue weighted by atomic mass is 9.85. The Morgan fingerprint density at radius 2 is 2.00 bits per heavy atom. The highest BCUT2D eigenvalue weighted by Crippen LogP contribution is 2.33. The Morgan fingerprint density at radius 3 is 2.69 bits per heavy atom. The summed E-state index contributed by atoms with van der Waals surface area (Å²) < 4.78 is 0. The van der Waals surface area contributed by atoms with Crippen molar-refractivity contribution in [3.63, 3.8) is 0 Å². The summed E-state index contributed by atoms with van der Waals surface area (Å²) in [5, 5.41) is 0.465. The third kappa shape index (κ3) is 3.89. The fraction of sp³-hybridized carbons (Fsp3) is 1.00. The Hall–Kier alpha value is 0.290. The number of halogens is 1. The monoisotopic (exact) mass is 202 g/mol. The van der Waals surface area contributed by atoms with Crippen molar-refractivity contribution in [1.82, 2.24) is 0 Å². The van der Waals surface area contributed by atoms with Gasteiger partial charge in [-0.1, -0.05) is 46.0 Å². The normalized spacial score (nSPS) is 32.5. The van der Waals surface area contributed by atoms with Gasteiger partial charge in [0.15, 0.2) is 0 Å². The van der Waals surface area contributed by atoms with Crippen LogP contribution in [0.4, 0.5) is 0 Å². The highest BCUT2D eigenvalue weighted by molar-refractivity contribution is 6.20. The lowest BCUT2D eigenvalue weighted by Gasteiger charge is -2.23. The fourth-order valence-corrected chi connectivity index (χ4v) is 2.93. The Balaban J connectivity index is 2.37. The molecule has 0 aromatic rings. The summed E-state index contributed by atoms with van der Waals surface area (Å²) in [6, 6.07) is 0. The minimum absolute atomic E-state index is 0.465. The third-order valence-corrected chi connectivity index (χ3v) is 3.85. The van der Waals surface area contributed by atoms with Gasteiger partial charge < -0.3 is 0 Å². The maximum Gasteiger partial charge on any atom is 0.0338 e. The van der Waals surface area contributed by atoms with Gasteiger partial charge in [0.25, 0.3) is 0 Å². The van der Waals surface area contributed by atoms with Crippen molar-refractivity contribution in [2.45, 2.75) is 64.2 Å². The van der Waals surface area contributed by atoms with Crippen molar-refractivity contribution in [3.05, 3.63) is 0 Å². The molecular weight excluding hydrogens is 180 g/mol. The summed E-state index contributed by atoms with van der Waals surface area (Å²) in [6.07, 6.45) is 9.40. The summed E-state index contributed by atoms with van der Waals surface area (Å²) in [5.41, 5.74) is 0. The van der Waals surface area contributed by atoms with Crippen LogP contribution in [0.5, 0.6) is 0 Å². The minimum Gasteiger partial charge on any atom is -0.123 e. The molecule has 0 aromatic heterocycles. The first-order valence-corrected chi connectivity index (χ1v) is 6.31. The Bertz CT molecular complexity index is 133. The number of hydrogen-bond donors (Lipinski definition) is 0. The van der Waals surface area contributed by atoms with Gasteiger partial charge >= 0.3 is 0 Å². The van der Waals surface area contributed by atoms with Gasteiger partial charge in [-0.3, -0.25) is 0 Å². The molecule has 1 aliphatic carbocycles. The van der Waals surface area contributed by atoms with Crippen LogP contribution in [0.1, 0.15) is 58.8 Å². The van der Waals surface area contributed by atoms with E-state index in [1.165, 1.54) is 44.9 Å². The lowest BCUT2D eigenvalue weighted by Crippen LogP contribution is -2.14. The molecular formula is C12H23Cl. The smallest absolute Gasteiger partial charge is 0.0338 e. The van der Waals surface area contributed by atoms with Gasteiger partial charge in [0.1, 0.15) is 0 Å². The largest absolute Gasteiger partial charge is 0.123 e. The van der Waals surface area contributed by atoms with Crippen LogP contribution in [0.2, 0.25) is 0 Å². The second-order valence-corrected chi connectivity index (χ2v) is 5.26. The zero-order chi connectivity index (χ0) is 9.68. The predicted octanol–water partition coefficient (Wildman–Crippen LogP) is 4.61. The third-order valence-electron chi connectivity index (χ3n) is 3.45. The number of rotatable bonds is 3. The second kappa shape index (κ2) is 5.90. The van der Waals surface area contributed by atoms with Crippen molar-refractivity contribution in [2.24, 2.45) is 11.8 Å². The molecule has 1 heteroatoms. The van der Waals surface area contributed by atoms with E-state index in [2.05, 4.69) is 13.8 Å². The maximum absolute atomic E-state index is 6.26. The van der Waals surface area contributed by atoms with Crippen molar-refractivity contribution in [2.75, 3.05) is 0 Å². The van der Waals surface area contributed by atoms with E-state index in [-0.39, 0.29) is 0 Å². The highest BCUT2D eigenvalue weighted by Gasteiger charge is 2.22. The summed E-state index contributed by atoms with van der Waals surface area (Å²) in [5.74, 6) is 1.80. The molecule has 0 radical (unpaired) electrons. The molecule has 0 aromatic carbocycles. The highest BCUT2D eigenvalue weighted by atomic mass is 35.5. The van der Waals surface area contributed by atoms with Gasteiger partial charge in [-0.15, -0.1) is 11.6 Å². The topological polar surface area (TPSA) is 0 Å². The van der Waals surface area contributed by atoms with Gasteiger partial charge in [0.05, 0.1) is 0 Å². The second-order valence-electron chi connectivity index (χ2n) is 4.64. The Labute approximate surface area is 88.1 Å². The van der Waals surface area contributed by atoms with E-state index in [0.29, 0.717) is 5.38 Å². The molecule has 0 spiro atoms. The van der Waals surface area contributed by atoms with E-state index in [4.69, 9.17) is 11.6 Å². The summed E-state index contributed by atoms with van der Waals surface area (Å²) in [6.45, 7) is 4.69. The molecule has 0 nitrogen and oxygen atoms in total. The van der Waals surface area contributed by atoms with Crippen LogP contribution in [-0.2, 0) is 0 Å². The van der Waals surface area contributed by atoms with Gasteiger partial charge in [0.2, 0.25) is 0 Å². The van der Waals surface area contributed by atoms with E-state index in [0.717, 1.165) is 11.8 Å². The molecule has 0 aliphatic heterocycles. The van der Waals surface area contributed by atoms with Crippen molar-refractivity contribution < 1.29 is 0 Å². The molecule has 0 bridgehead atoms. The van der Waals surface area contributed by atoms with Crippen LogP contribution in [-0.4, -0.2) is 5.38 Å². The van der Waals surface area contributed by atoms with Crippen molar-refractivity contribution in [3.8, 4) is 0 Å². The molecule has 0 N–H and O–H groups in total. The molecule has 13 heavy (non-hydrogen) atoms. The summed E-state index contributed by atoms with van der Waals surface area (Å²) >= 11 is 6.26. The van der Waals surface area contributed by atoms with E-state index in [1.54, 1.807) is 0 Å². The molecule has 1 fully saturated rings. The number of hydrogen-bond acceptors (Lipinski definition) is 0. The van der Waals surface area contributed by atoms with Gasteiger partial charge in [-0.05, 0) is 24.7 Å². The standard InChI is InChI=1S/C12H23Cl/c1-3-6-10(2)11-7-4-5-8-12(13)9-11/h10-12H,3-9H2,1-2H3. The van der Waals surface area contributed by atoms with Gasteiger partial charge in [0, 0.05) is 5.38 Å². The van der Waals surface area contributed by atoms with E-state index in [9.17, 15) is 0 Å². The van der Waals surface area contributed by atoms with Crippen LogP contribution in [0, 0.1) is 11.8 Å². The average Bonchev–Trinajstić information content (AvgIpc) is 2.30. The van der Waals surface area contributed by atoms with Crippen LogP contribution in [0.3, 0.4) is 0 Å². The molecule has 1 rings (SSSR count). The maximum atomic E-state index is 6.26. The minimum atomic E-state index is 0.465. The summed E-state index contributed by atoms with van der Waals surface area (Å²) in [7, 11) is 0. The van der Waals surface area contributed by atoms with Crippen LogP contribution in [0.25, 0.3) is 0 Å². The molecule has 1 aliphatic rings. The first-order chi connectivity index (χ1) is 6.24. The molecule has 3 unspecified atom stereocenters. The quantitative estimate of drug-likeness (QED) is 0.463. The lowest BCUT2D eigenvalue weighted by molar-refractivity contribution is 0.303. The first-order valence-electron chi connectivity index (χ1n) is 5.88. The SMILES string of the molecule is CCCC(C)C1CCCCC(Cl)C1. The molecule has 0 amide bonds. The molecule has 1 saturated carbocycles. The molecule has 0 heterocycles. The fourth-order valence-electron chi connectivity index (χ4n) is 2.54. The predicted molar refractivity (Wildman–Crippen MR) is 60.3 cm³/mol. The number of alkyl halides is 1. The van der Waals surface area contributed by atoms with E-state index >= 15 is 0 Å². The zero-order valence-corrected chi connectivity index (χ0v) is 9.82. The summed E-state index contributed by atoms with van der Waals surface area (Å²) in [4.78, 5) is 0. The average molecular weight is 203 g/mol. The molecule has 78 valence electrons. The van der Waals surface area contributed by atoms with Gasteiger partial charge in [-0.2, -0.15) is 0 Å². The van der Waals surface area contributed by atoms with Crippen molar-refractivity contribution >= 4 is 11.6 Å². The first kappa shape index (κ1) is 11.4. The van der Waals surface area contributed by atoms with E-state index in [1.807, 2.05) is 0 Å². The molecule has 3 atom stereocenters. The van der Waals surface area contributed by atoms with E-state index < -0.39 is 0 Å². The van der Waals surface area contributed by atoms with Crippen LogP contribution < -0.4 is 0 Å². The molecule has 0 saturated heterocycles. The Morgan fingerprint density at radius 1 is 1.31 bits per heavy atom.